The van der Waals surface area contributed by atoms with Crippen molar-refractivity contribution in [3.8, 4) is 11.8 Å². The molecule has 1 heterocycles. The van der Waals surface area contributed by atoms with E-state index in [0.29, 0.717) is 16.5 Å². The topological polar surface area (TPSA) is 67.6 Å². The second kappa shape index (κ2) is 4.87. The highest BCUT2D eigenvalue weighted by atomic mass is 35.5. The Balaban J connectivity index is 2.33. The second-order valence-corrected chi connectivity index (χ2v) is 4.81. The van der Waals surface area contributed by atoms with Crippen LogP contribution in [0.15, 0.2) is 42.5 Å². The van der Waals surface area contributed by atoms with Crippen LogP contribution >= 0.6 is 11.6 Å². The summed E-state index contributed by atoms with van der Waals surface area (Å²) in [7, 11) is 0. The summed E-state index contributed by atoms with van der Waals surface area (Å²) >= 11 is 6.28. The van der Waals surface area contributed by atoms with Gasteiger partial charge in [0.1, 0.15) is 5.82 Å². The number of nitrogen functional groups attached to an aromatic ring is 1. The van der Waals surface area contributed by atoms with Crippen molar-refractivity contribution in [2.75, 3.05) is 5.73 Å². The molecule has 0 radical (unpaired) electrons. The summed E-state index contributed by atoms with van der Waals surface area (Å²) in [6.45, 7) is 0. The number of halogens is 1. The Kier molecular flexibility index (Phi) is 3.05. The van der Waals surface area contributed by atoms with Crippen LogP contribution in [0.25, 0.3) is 16.7 Å². The first kappa shape index (κ1) is 12.5. The molecule has 0 spiro atoms. The Labute approximate surface area is 121 Å². The molecular formula is C15H11ClN4. The largest absolute Gasteiger partial charge is 0.399 e. The molecule has 0 saturated heterocycles. The van der Waals surface area contributed by atoms with Gasteiger partial charge in [-0.15, -0.1) is 0 Å². The molecule has 0 unspecified atom stereocenters. The average Bonchev–Trinajstić information content (AvgIpc) is 2.78. The zero-order chi connectivity index (χ0) is 14.1. The minimum Gasteiger partial charge on any atom is -0.399 e. The summed E-state index contributed by atoms with van der Waals surface area (Å²) in [5.41, 5.74) is 8.87. The standard InChI is InChI=1S/C15H11ClN4/c16-11-9-10(18)5-6-13(11)20-14-4-2-1-3-12(14)19-15(20)7-8-17/h1-6,9H,7,18H2. The first-order chi connectivity index (χ1) is 9.70. The zero-order valence-corrected chi connectivity index (χ0v) is 11.3. The van der Waals surface area contributed by atoms with E-state index in [1.807, 2.05) is 34.9 Å². The number of hydrogen-bond acceptors (Lipinski definition) is 3. The summed E-state index contributed by atoms with van der Waals surface area (Å²) in [6.07, 6.45) is 0.218. The van der Waals surface area contributed by atoms with E-state index < -0.39 is 0 Å². The Morgan fingerprint density at radius 3 is 2.80 bits per heavy atom. The van der Waals surface area contributed by atoms with Crippen molar-refractivity contribution in [1.82, 2.24) is 9.55 Å². The van der Waals surface area contributed by atoms with Gasteiger partial charge in [0.2, 0.25) is 0 Å². The van der Waals surface area contributed by atoms with Gasteiger partial charge in [-0.3, -0.25) is 4.57 Å². The molecule has 3 rings (SSSR count). The van der Waals surface area contributed by atoms with E-state index in [9.17, 15) is 0 Å². The third kappa shape index (κ3) is 1.98. The molecule has 4 nitrogen and oxygen atoms in total. The fourth-order valence-corrected chi connectivity index (χ4v) is 2.51. The number of aromatic nitrogens is 2. The van der Waals surface area contributed by atoms with Gasteiger partial charge in [-0.05, 0) is 30.3 Å². The van der Waals surface area contributed by atoms with Crippen LogP contribution in [-0.2, 0) is 6.42 Å². The average molecular weight is 283 g/mol. The van der Waals surface area contributed by atoms with Gasteiger partial charge in [0, 0.05) is 5.69 Å². The van der Waals surface area contributed by atoms with Crippen molar-refractivity contribution in [2.45, 2.75) is 6.42 Å². The lowest BCUT2D eigenvalue weighted by molar-refractivity contribution is 0.955. The normalized spacial score (nSPS) is 10.6. The first-order valence-corrected chi connectivity index (χ1v) is 6.47. The molecule has 3 aromatic rings. The lowest BCUT2D eigenvalue weighted by atomic mass is 10.2. The molecule has 98 valence electrons. The SMILES string of the molecule is N#CCc1nc2ccccc2n1-c1ccc(N)cc1Cl. The van der Waals surface area contributed by atoms with Crippen LogP contribution in [-0.4, -0.2) is 9.55 Å². The molecule has 5 heteroatoms. The molecule has 0 aliphatic heterocycles. The van der Waals surface area contributed by atoms with Gasteiger partial charge in [0.25, 0.3) is 0 Å². The Morgan fingerprint density at radius 1 is 1.25 bits per heavy atom. The molecule has 1 aromatic heterocycles. The molecule has 0 fully saturated rings. The van der Waals surface area contributed by atoms with Crippen LogP contribution in [0.2, 0.25) is 5.02 Å². The predicted molar refractivity (Wildman–Crippen MR) is 79.8 cm³/mol. The monoisotopic (exact) mass is 282 g/mol. The maximum Gasteiger partial charge on any atom is 0.128 e. The number of para-hydroxylation sites is 2. The van der Waals surface area contributed by atoms with Crippen molar-refractivity contribution in [3.63, 3.8) is 0 Å². The van der Waals surface area contributed by atoms with E-state index in [2.05, 4.69) is 11.1 Å². The van der Waals surface area contributed by atoms with E-state index in [0.717, 1.165) is 16.7 Å². The van der Waals surface area contributed by atoms with Crippen molar-refractivity contribution in [3.05, 3.63) is 53.3 Å². The van der Waals surface area contributed by atoms with Gasteiger partial charge in [-0.25, -0.2) is 4.98 Å². The fraction of sp³-hybridized carbons (Fsp3) is 0.0667. The van der Waals surface area contributed by atoms with E-state index in [-0.39, 0.29) is 6.42 Å². The second-order valence-electron chi connectivity index (χ2n) is 4.40. The van der Waals surface area contributed by atoms with Crippen molar-refractivity contribution in [1.29, 1.82) is 5.26 Å². The van der Waals surface area contributed by atoms with Crippen LogP contribution in [0.1, 0.15) is 5.82 Å². The number of anilines is 1. The number of imidazole rings is 1. The van der Waals surface area contributed by atoms with Gasteiger partial charge in [0.15, 0.2) is 0 Å². The molecule has 0 aliphatic carbocycles. The smallest absolute Gasteiger partial charge is 0.128 e. The van der Waals surface area contributed by atoms with Crippen molar-refractivity contribution < 1.29 is 0 Å². The predicted octanol–water partition coefficient (Wildman–Crippen LogP) is 3.33. The lowest BCUT2D eigenvalue weighted by Crippen LogP contribution is -2.02. The summed E-state index contributed by atoms with van der Waals surface area (Å²) in [4.78, 5) is 4.49. The van der Waals surface area contributed by atoms with Gasteiger partial charge in [0.05, 0.1) is 34.2 Å². The summed E-state index contributed by atoms with van der Waals surface area (Å²) in [5.74, 6) is 0.667. The van der Waals surface area contributed by atoms with E-state index >= 15 is 0 Å². The molecule has 0 atom stereocenters. The van der Waals surface area contributed by atoms with Crippen LogP contribution in [0.5, 0.6) is 0 Å². The van der Waals surface area contributed by atoms with E-state index in [4.69, 9.17) is 22.6 Å². The van der Waals surface area contributed by atoms with Gasteiger partial charge in [-0.1, -0.05) is 23.7 Å². The molecular weight excluding hydrogens is 272 g/mol. The highest BCUT2D eigenvalue weighted by molar-refractivity contribution is 6.32. The summed E-state index contributed by atoms with van der Waals surface area (Å²) in [6, 6.07) is 15.2. The Morgan fingerprint density at radius 2 is 2.05 bits per heavy atom. The highest BCUT2D eigenvalue weighted by Crippen LogP contribution is 2.28. The fourth-order valence-electron chi connectivity index (χ4n) is 2.24. The zero-order valence-electron chi connectivity index (χ0n) is 10.5. The molecule has 0 saturated carbocycles. The quantitative estimate of drug-likeness (QED) is 0.733. The third-order valence-corrected chi connectivity index (χ3v) is 3.38. The molecule has 0 amide bonds. The van der Waals surface area contributed by atoms with Gasteiger partial charge in [-0.2, -0.15) is 5.26 Å². The molecule has 0 bridgehead atoms. The first-order valence-electron chi connectivity index (χ1n) is 6.09. The number of nitrogens with two attached hydrogens (primary N) is 1. The number of benzene rings is 2. The van der Waals surface area contributed by atoms with Crippen LogP contribution < -0.4 is 5.73 Å². The number of fused-ring (bicyclic) bond motifs is 1. The van der Waals surface area contributed by atoms with Crippen molar-refractivity contribution in [2.24, 2.45) is 0 Å². The maximum atomic E-state index is 8.97. The Hall–Kier alpha value is -2.51. The summed E-state index contributed by atoms with van der Waals surface area (Å²) in [5, 5.41) is 9.51. The van der Waals surface area contributed by atoms with E-state index in [1.165, 1.54) is 0 Å². The van der Waals surface area contributed by atoms with Crippen molar-refractivity contribution >= 4 is 28.3 Å². The number of hydrogen-bond donors (Lipinski definition) is 1. The van der Waals surface area contributed by atoms with Gasteiger partial charge >= 0.3 is 0 Å². The molecule has 20 heavy (non-hydrogen) atoms. The third-order valence-electron chi connectivity index (χ3n) is 3.08. The number of nitriles is 1. The number of rotatable bonds is 2. The van der Waals surface area contributed by atoms with Crippen LogP contribution in [0, 0.1) is 11.3 Å². The minimum absolute atomic E-state index is 0.218. The minimum atomic E-state index is 0.218. The van der Waals surface area contributed by atoms with Crippen LogP contribution in [0.3, 0.4) is 0 Å². The lowest BCUT2D eigenvalue weighted by Gasteiger charge is -2.10. The van der Waals surface area contributed by atoms with Gasteiger partial charge < -0.3 is 5.73 Å². The highest BCUT2D eigenvalue weighted by Gasteiger charge is 2.14. The maximum absolute atomic E-state index is 8.97. The molecule has 0 aliphatic rings. The van der Waals surface area contributed by atoms with E-state index in [1.54, 1.807) is 12.1 Å². The van der Waals surface area contributed by atoms with Crippen LogP contribution in [0.4, 0.5) is 5.69 Å². The molecule has 2 aromatic carbocycles. The Bertz CT molecular complexity index is 829. The number of nitrogens with zero attached hydrogens (tertiary/aromatic N) is 3. The molecule has 2 N–H and O–H groups in total. The summed E-state index contributed by atoms with van der Waals surface area (Å²) < 4.78 is 1.90.